The number of nitriles is 1. The number of benzene rings is 1. The molecule has 0 amide bonds. The molecule has 0 spiro atoms. The Kier molecular flexibility index (Phi) is 2.04. The fraction of sp³-hybridized carbons (Fsp3) is 0.0909. The highest BCUT2D eigenvalue weighted by Crippen LogP contribution is 2.22. The SMILES string of the molecule is Cc1cccc(-c2cnc[nH]2)c1C#N. The monoisotopic (exact) mass is 183 g/mol. The van der Waals surface area contributed by atoms with Crippen LogP contribution in [-0.2, 0) is 0 Å². The largest absolute Gasteiger partial charge is 0.345 e. The molecule has 2 rings (SSSR count). The van der Waals surface area contributed by atoms with Crippen LogP contribution in [0.15, 0.2) is 30.7 Å². The van der Waals surface area contributed by atoms with Gasteiger partial charge < -0.3 is 4.98 Å². The molecule has 68 valence electrons. The van der Waals surface area contributed by atoms with Crippen molar-refractivity contribution in [1.29, 1.82) is 5.26 Å². The van der Waals surface area contributed by atoms with Gasteiger partial charge in [0.15, 0.2) is 0 Å². The molecule has 3 nitrogen and oxygen atoms in total. The van der Waals surface area contributed by atoms with E-state index in [9.17, 15) is 0 Å². The lowest BCUT2D eigenvalue weighted by atomic mass is 10.0. The van der Waals surface area contributed by atoms with E-state index >= 15 is 0 Å². The molecule has 0 radical (unpaired) electrons. The fourth-order valence-corrected chi connectivity index (χ4v) is 1.44. The van der Waals surface area contributed by atoms with Crippen LogP contribution in [0.3, 0.4) is 0 Å². The van der Waals surface area contributed by atoms with Crippen LogP contribution >= 0.6 is 0 Å². The summed E-state index contributed by atoms with van der Waals surface area (Å²) in [6.07, 6.45) is 3.33. The standard InChI is InChI=1S/C11H9N3/c1-8-3-2-4-9(10(8)5-12)11-6-13-7-14-11/h2-4,6-7H,1H3,(H,13,14). The second-order valence-electron chi connectivity index (χ2n) is 3.07. The summed E-state index contributed by atoms with van der Waals surface area (Å²) in [6, 6.07) is 7.99. The van der Waals surface area contributed by atoms with Gasteiger partial charge in [-0.1, -0.05) is 18.2 Å². The quantitative estimate of drug-likeness (QED) is 0.737. The predicted molar refractivity (Wildman–Crippen MR) is 53.5 cm³/mol. The zero-order valence-electron chi connectivity index (χ0n) is 7.78. The number of nitrogens with one attached hydrogen (secondary N) is 1. The summed E-state index contributed by atoms with van der Waals surface area (Å²) in [6.45, 7) is 1.93. The molecule has 1 aromatic heterocycles. The van der Waals surface area contributed by atoms with E-state index in [1.165, 1.54) is 0 Å². The Balaban J connectivity index is 2.66. The lowest BCUT2D eigenvalue weighted by molar-refractivity contribution is 1.31. The summed E-state index contributed by atoms with van der Waals surface area (Å²) in [4.78, 5) is 6.93. The molecule has 1 N–H and O–H groups in total. The third-order valence-electron chi connectivity index (χ3n) is 2.17. The van der Waals surface area contributed by atoms with Gasteiger partial charge in [0.05, 0.1) is 23.8 Å². The topological polar surface area (TPSA) is 52.5 Å². The van der Waals surface area contributed by atoms with Gasteiger partial charge in [0.1, 0.15) is 6.07 Å². The summed E-state index contributed by atoms with van der Waals surface area (Å²) < 4.78 is 0. The molecule has 0 saturated carbocycles. The normalized spacial score (nSPS) is 9.71. The molecule has 0 aliphatic rings. The summed E-state index contributed by atoms with van der Waals surface area (Å²) in [5.74, 6) is 0. The van der Waals surface area contributed by atoms with Crippen molar-refractivity contribution in [2.75, 3.05) is 0 Å². The number of hydrogen-bond donors (Lipinski definition) is 1. The van der Waals surface area contributed by atoms with E-state index in [-0.39, 0.29) is 0 Å². The predicted octanol–water partition coefficient (Wildman–Crippen LogP) is 2.26. The number of H-pyrrole nitrogens is 1. The maximum Gasteiger partial charge on any atom is 0.100 e. The Morgan fingerprint density at radius 3 is 2.93 bits per heavy atom. The van der Waals surface area contributed by atoms with Gasteiger partial charge in [0, 0.05) is 5.56 Å². The number of hydrogen-bond acceptors (Lipinski definition) is 2. The van der Waals surface area contributed by atoms with Gasteiger partial charge in [-0.05, 0) is 12.5 Å². The first kappa shape index (κ1) is 8.52. The van der Waals surface area contributed by atoms with Crippen LogP contribution in [-0.4, -0.2) is 9.97 Å². The van der Waals surface area contributed by atoms with Crippen molar-refractivity contribution in [1.82, 2.24) is 9.97 Å². The van der Waals surface area contributed by atoms with Crippen molar-refractivity contribution in [3.8, 4) is 17.3 Å². The first-order valence-corrected chi connectivity index (χ1v) is 4.31. The average Bonchev–Trinajstić information content (AvgIpc) is 2.70. The Morgan fingerprint density at radius 2 is 2.29 bits per heavy atom. The summed E-state index contributed by atoms with van der Waals surface area (Å²) in [5, 5.41) is 9.01. The minimum Gasteiger partial charge on any atom is -0.345 e. The number of nitrogens with zero attached hydrogens (tertiary/aromatic N) is 2. The molecule has 0 unspecified atom stereocenters. The van der Waals surface area contributed by atoms with Crippen LogP contribution in [0.1, 0.15) is 11.1 Å². The van der Waals surface area contributed by atoms with E-state index in [1.54, 1.807) is 12.5 Å². The number of rotatable bonds is 1. The van der Waals surface area contributed by atoms with Gasteiger partial charge >= 0.3 is 0 Å². The summed E-state index contributed by atoms with van der Waals surface area (Å²) in [7, 11) is 0. The molecular weight excluding hydrogens is 174 g/mol. The highest BCUT2D eigenvalue weighted by molar-refractivity contribution is 5.68. The maximum absolute atomic E-state index is 9.01. The molecule has 0 fully saturated rings. The van der Waals surface area contributed by atoms with Crippen LogP contribution in [0.2, 0.25) is 0 Å². The van der Waals surface area contributed by atoms with Crippen LogP contribution in [0.5, 0.6) is 0 Å². The fourth-order valence-electron chi connectivity index (χ4n) is 1.44. The van der Waals surface area contributed by atoms with Crippen molar-refractivity contribution in [3.05, 3.63) is 41.9 Å². The number of imidazole rings is 1. The Hall–Kier alpha value is -2.08. The molecule has 3 heteroatoms. The van der Waals surface area contributed by atoms with Crippen LogP contribution < -0.4 is 0 Å². The molecule has 1 heterocycles. The van der Waals surface area contributed by atoms with Crippen molar-refractivity contribution in [2.45, 2.75) is 6.92 Å². The van der Waals surface area contributed by atoms with Crippen LogP contribution in [0, 0.1) is 18.3 Å². The van der Waals surface area contributed by atoms with E-state index < -0.39 is 0 Å². The molecule has 0 atom stereocenters. The third-order valence-corrected chi connectivity index (χ3v) is 2.17. The molecule has 1 aromatic carbocycles. The number of aryl methyl sites for hydroxylation is 1. The number of aromatic amines is 1. The third kappa shape index (κ3) is 1.27. The minimum atomic E-state index is 0.705. The zero-order valence-corrected chi connectivity index (χ0v) is 7.78. The van der Waals surface area contributed by atoms with Gasteiger partial charge in [-0.15, -0.1) is 0 Å². The average molecular weight is 183 g/mol. The van der Waals surface area contributed by atoms with E-state index in [1.807, 2.05) is 25.1 Å². The molecule has 0 aliphatic carbocycles. The molecular formula is C11H9N3. The van der Waals surface area contributed by atoms with Gasteiger partial charge in [-0.2, -0.15) is 5.26 Å². The van der Waals surface area contributed by atoms with Gasteiger partial charge in [-0.25, -0.2) is 4.98 Å². The van der Waals surface area contributed by atoms with Crippen molar-refractivity contribution >= 4 is 0 Å². The van der Waals surface area contributed by atoms with Gasteiger partial charge in [0.2, 0.25) is 0 Å². The smallest absolute Gasteiger partial charge is 0.100 e. The van der Waals surface area contributed by atoms with Gasteiger partial charge in [-0.3, -0.25) is 0 Å². The Bertz CT molecular complexity index is 478. The molecule has 0 bridgehead atoms. The lowest BCUT2D eigenvalue weighted by Gasteiger charge is -2.03. The van der Waals surface area contributed by atoms with E-state index in [0.717, 1.165) is 16.8 Å². The molecule has 14 heavy (non-hydrogen) atoms. The van der Waals surface area contributed by atoms with Gasteiger partial charge in [0.25, 0.3) is 0 Å². The Labute approximate surface area is 82.0 Å². The first-order chi connectivity index (χ1) is 6.83. The molecule has 2 aromatic rings. The van der Waals surface area contributed by atoms with E-state index in [2.05, 4.69) is 16.0 Å². The van der Waals surface area contributed by atoms with E-state index in [0.29, 0.717) is 5.56 Å². The second kappa shape index (κ2) is 3.35. The van der Waals surface area contributed by atoms with Crippen molar-refractivity contribution < 1.29 is 0 Å². The minimum absolute atomic E-state index is 0.705. The summed E-state index contributed by atoms with van der Waals surface area (Å²) >= 11 is 0. The second-order valence-corrected chi connectivity index (χ2v) is 3.07. The summed E-state index contributed by atoms with van der Waals surface area (Å²) in [5.41, 5.74) is 3.48. The van der Waals surface area contributed by atoms with Crippen LogP contribution in [0.25, 0.3) is 11.3 Å². The first-order valence-electron chi connectivity index (χ1n) is 4.31. The lowest BCUT2D eigenvalue weighted by Crippen LogP contribution is -1.87. The van der Waals surface area contributed by atoms with Crippen molar-refractivity contribution in [2.24, 2.45) is 0 Å². The molecule has 0 aliphatic heterocycles. The Morgan fingerprint density at radius 1 is 1.43 bits per heavy atom. The number of aromatic nitrogens is 2. The maximum atomic E-state index is 9.01. The highest BCUT2D eigenvalue weighted by Gasteiger charge is 2.07. The van der Waals surface area contributed by atoms with E-state index in [4.69, 9.17) is 5.26 Å². The molecule has 0 saturated heterocycles. The highest BCUT2D eigenvalue weighted by atomic mass is 14.9. The van der Waals surface area contributed by atoms with Crippen LogP contribution in [0.4, 0.5) is 0 Å². The zero-order chi connectivity index (χ0) is 9.97. The van der Waals surface area contributed by atoms with Crippen molar-refractivity contribution in [3.63, 3.8) is 0 Å².